The fourth-order valence-electron chi connectivity index (χ4n) is 11.6. The highest BCUT2D eigenvalue weighted by Gasteiger charge is 2.20. The molecule has 0 aliphatic heterocycles. The lowest BCUT2D eigenvalue weighted by Crippen LogP contribution is -2.45. The second kappa shape index (κ2) is 72.3. The van der Waals surface area contributed by atoms with Gasteiger partial charge in [-0.1, -0.05) is 351 Å². The Bertz CT molecular complexity index is 1390. The predicted octanol–water partition coefficient (Wildman–Crippen LogP) is 24.4. The number of carbonyl (C=O) groups is 2. The Morgan fingerprint density at radius 1 is 0.337 bits per heavy atom. The lowest BCUT2D eigenvalue weighted by atomic mass is 10.0. The van der Waals surface area contributed by atoms with Gasteiger partial charge < -0.3 is 20.3 Å². The number of aliphatic hydroxyl groups is 2. The van der Waals surface area contributed by atoms with Crippen LogP contribution in [0.1, 0.15) is 406 Å². The van der Waals surface area contributed by atoms with Crippen molar-refractivity contribution < 1.29 is 24.5 Å². The first-order valence-electron chi connectivity index (χ1n) is 37.4. The minimum absolute atomic E-state index is 0.00864. The quantitative estimate of drug-likeness (QED) is 0.0320. The summed E-state index contributed by atoms with van der Waals surface area (Å²) in [7, 11) is 0. The standard InChI is InChI=1S/C77H145NO5/c1-3-5-7-9-11-13-15-17-19-21-34-39-43-47-51-55-59-63-67-71-77(82)83-72-68-64-60-56-52-48-44-40-36-33-31-29-27-25-23-24-26-28-30-32-35-38-42-46-50-54-58-62-66-70-76(81)78-74(73-79)75(80)69-65-61-57-53-49-45-41-37-22-20-18-16-14-12-10-8-6-4-2/h11,13,17,19,23,25,29,31,74-75,79-80H,3-10,12,14-16,18,20-22,24,26-28,30,32-73H2,1-2H3,(H,78,81)/b13-11-,19-17-,25-23-,31-29-. The number of aliphatic hydroxyl groups excluding tert-OH is 2. The van der Waals surface area contributed by atoms with Gasteiger partial charge in [0.05, 0.1) is 25.4 Å². The van der Waals surface area contributed by atoms with Gasteiger partial charge in [0, 0.05) is 12.8 Å². The van der Waals surface area contributed by atoms with Crippen LogP contribution < -0.4 is 5.32 Å². The number of allylic oxidation sites excluding steroid dienone is 8. The highest BCUT2D eigenvalue weighted by molar-refractivity contribution is 5.76. The summed E-state index contributed by atoms with van der Waals surface area (Å²) in [6.07, 6.45) is 94.6. The van der Waals surface area contributed by atoms with Gasteiger partial charge >= 0.3 is 5.97 Å². The first-order valence-corrected chi connectivity index (χ1v) is 37.4. The van der Waals surface area contributed by atoms with Gasteiger partial charge in [-0.2, -0.15) is 0 Å². The zero-order valence-electron chi connectivity index (χ0n) is 55.9. The lowest BCUT2D eigenvalue weighted by Gasteiger charge is -2.22. The maximum atomic E-state index is 12.5. The van der Waals surface area contributed by atoms with Gasteiger partial charge in [0.2, 0.25) is 5.91 Å². The van der Waals surface area contributed by atoms with Crippen LogP contribution in [-0.2, 0) is 14.3 Å². The zero-order chi connectivity index (χ0) is 59.9. The Balaban J connectivity index is 3.40. The molecule has 0 spiro atoms. The summed E-state index contributed by atoms with van der Waals surface area (Å²) < 4.78 is 5.50. The van der Waals surface area contributed by atoms with Gasteiger partial charge in [-0.25, -0.2) is 0 Å². The fraction of sp³-hybridized carbons (Fsp3) is 0.870. The van der Waals surface area contributed by atoms with E-state index >= 15 is 0 Å². The number of unbranched alkanes of at least 4 members (excludes halogenated alkanes) is 51. The molecule has 0 aromatic rings. The molecule has 0 aromatic heterocycles. The highest BCUT2D eigenvalue weighted by atomic mass is 16.5. The smallest absolute Gasteiger partial charge is 0.305 e. The van der Waals surface area contributed by atoms with Crippen LogP contribution in [-0.4, -0.2) is 47.4 Å². The van der Waals surface area contributed by atoms with Crippen molar-refractivity contribution in [3.8, 4) is 0 Å². The molecule has 0 fully saturated rings. The molecule has 0 saturated carbocycles. The van der Waals surface area contributed by atoms with E-state index in [1.807, 2.05) is 0 Å². The third kappa shape index (κ3) is 68.8. The van der Waals surface area contributed by atoms with Crippen LogP contribution in [0.5, 0.6) is 0 Å². The maximum Gasteiger partial charge on any atom is 0.305 e. The van der Waals surface area contributed by atoms with Crippen LogP contribution in [0.2, 0.25) is 0 Å². The van der Waals surface area contributed by atoms with E-state index in [1.165, 1.54) is 315 Å². The summed E-state index contributed by atoms with van der Waals surface area (Å²) in [6.45, 7) is 4.96. The Morgan fingerprint density at radius 2 is 0.602 bits per heavy atom. The van der Waals surface area contributed by atoms with E-state index < -0.39 is 12.1 Å². The number of ether oxygens (including phenoxy) is 1. The van der Waals surface area contributed by atoms with Crippen molar-refractivity contribution in [2.75, 3.05) is 13.2 Å². The van der Waals surface area contributed by atoms with Crippen molar-refractivity contribution in [2.45, 2.75) is 418 Å². The maximum absolute atomic E-state index is 12.5. The minimum atomic E-state index is -0.666. The molecular formula is C77H145NO5. The molecule has 1 amide bonds. The van der Waals surface area contributed by atoms with E-state index in [1.54, 1.807) is 0 Å². The van der Waals surface area contributed by atoms with Crippen LogP contribution in [0.25, 0.3) is 0 Å². The highest BCUT2D eigenvalue weighted by Crippen LogP contribution is 2.19. The number of hydrogen-bond acceptors (Lipinski definition) is 5. The molecule has 0 heterocycles. The summed E-state index contributed by atoms with van der Waals surface area (Å²) in [5.41, 5.74) is 0. The van der Waals surface area contributed by atoms with Gasteiger partial charge in [-0.3, -0.25) is 9.59 Å². The molecule has 0 aromatic carbocycles. The van der Waals surface area contributed by atoms with Crippen LogP contribution in [0.4, 0.5) is 0 Å². The second-order valence-corrected chi connectivity index (χ2v) is 25.6. The summed E-state index contributed by atoms with van der Waals surface area (Å²) in [5.74, 6) is -0.0241. The second-order valence-electron chi connectivity index (χ2n) is 25.6. The molecule has 0 bridgehead atoms. The van der Waals surface area contributed by atoms with Crippen molar-refractivity contribution in [1.29, 1.82) is 0 Å². The third-order valence-electron chi connectivity index (χ3n) is 17.4. The van der Waals surface area contributed by atoms with Crippen LogP contribution in [0.3, 0.4) is 0 Å². The van der Waals surface area contributed by atoms with Crippen molar-refractivity contribution in [3.63, 3.8) is 0 Å². The van der Waals surface area contributed by atoms with Gasteiger partial charge in [0.15, 0.2) is 0 Å². The molecule has 0 saturated heterocycles. The molecule has 488 valence electrons. The number of hydrogen-bond donors (Lipinski definition) is 3. The van der Waals surface area contributed by atoms with Crippen molar-refractivity contribution in [3.05, 3.63) is 48.6 Å². The van der Waals surface area contributed by atoms with Crippen LogP contribution in [0, 0.1) is 0 Å². The van der Waals surface area contributed by atoms with E-state index in [-0.39, 0.29) is 18.5 Å². The van der Waals surface area contributed by atoms with E-state index in [4.69, 9.17) is 4.74 Å². The van der Waals surface area contributed by atoms with Gasteiger partial charge in [-0.05, 0) is 89.9 Å². The Labute approximate surface area is 518 Å². The van der Waals surface area contributed by atoms with Crippen molar-refractivity contribution in [1.82, 2.24) is 5.32 Å². The SMILES string of the molecule is CCCCC/C=C\C/C=C\CCCCCCCCCCCC(=O)OCCCCCCCCCCC/C=C\C/C=C\CCCCCCCCCCCCCCCC(=O)NC(CO)C(O)CCCCCCCCCCCCCCCCCCCC. The Kier molecular flexibility index (Phi) is 70.4. The normalized spacial score (nSPS) is 12.8. The number of esters is 1. The topological polar surface area (TPSA) is 95.9 Å². The Hall–Kier alpha value is -2.18. The molecule has 0 aliphatic carbocycles. The molecule has 2 atom stereocenters. The van der Waals surface area contributed by atoms with E-state index in [0.29, 0.717) is 25.9 Å². The summed E-state index contributed by atoms with van der Waals surface area (Å²) in [6, 6.07) is -0.544. The zero-order valence-corrected chi connectivity index (χ0v) is 55.9. The number of nitrogens with one attached hydrogen (secondary N) is 1. The van der Waals surface area contributed by atoms with E-state index in [9.17, 15) is 19.8 Å². The molecule has 0 aliphatic rings. The minimum Gasteiger partial charge on any atom is -0.466 e. The van der Waals surface area contributed by atoms with Crippen LogP contribution >= 0.6 is 0 Å². The van der Waals surface area contributed by atoms with E-state index in [0.717, 1.165) is 57.8 Å². The fourth-order valence-corrected chi connectivity index (χ4v) is 11.6. The predicted molar refractivity (Wildman–Crippen MR) is 366 cm³/mol. The van der Waals surface area contributed by atoms with Crippen LogP contribution in [0.15, 0.2) is 48.6 Å². The third-order valence-corrected chi connectivity index (χ3v) is 17.4. The number of carbonyl (C=O) groups excluding carboxylic acids is 2. The molecule has 3 N–H and O–H groups in total. The molecule has 0 rings (SSSR count). The molecule has 83 heavy (non-hydrogen) atoms. The molecule has 0 radical (unpaired) electrons. The number of rotatable bonds is 70. The molecule has 6 heteroatoms. The average molecular weight is 1170 g/mol. The number of amides is 1. The molecule has 6 nitrogen and oxygen atoms in total. The van der Waals surface area contributed by atoms with E-state index in [2.05, 4.69) is 67.8 Å². The van der Waals surface area contributed by atoms with Crippen molar-refractivity contribution in [2.24, 2.45) is 0 Å². The van der Waals surface area contributed by atoms with Gasteiger partial charge in [-0.15, -0.1) is 0 Å². The lowest BCUT2D eigenvalue weighted by molar-refractivity contribution is -0.143. The summed E-state index contributed by atoms with van der Waals surface area (Å²) in [5, 5.41) is 23.4. The van der Waals surface area contributed by atoms with Gasteiger partial charge in [0.25, 0.3) is 0 Å². The molecular weight excluding hydrogens is 1020 g/mol. The largest absolute Gasteiger partial charge is 0.466 e. The first kappa shape index (κ1) is 80.8. The summed E-state index contributed by atoms with van der Waals surface area (Å²) in [4.78, 5) is 24.7. The first-order chi connectivity index (χ1) is 41.0. The monoisotopic (exact) mass is 1160 g/mol. The Morgan fingerprint density at radius 3 is 0.940 bits per heavy atom. The van der Waals surface area contributed by atoms with Gasteiger partial charge in [0.1, 0.15) is 0 Å². The average Bonchev–Trinajstić information content (AvgIpc) is 3.49. The van der Waals surface area contributed by atoms with Crippen molar-refractivity contribution >= 4 is 11.9 Å². The molecule has 2 unspecified atom stereocenters. The summed E-state index contributed by atoms with van der Waals surface area (Å²) >= 11 is 0.